The predicted molar refractivity (Wildman–Crippen MR) is 105 cm³/mol. The Kier molecular flexibility index (Phi) is 3.94. The molecular weight excluding hydrogens is 374 g/mol. The lowest BCUT2D eigenvalue weighted by Gasteiger charge is -2.30. The summed E-state index contributed by atoms with van der Waals surface area (Å²) < 4.78 is 28.3. The summed E-state index contributed by atoms with van der Waals surface area (Å²) in [5, 5.41) is 7.93. The van der Waals surface area contributed by atoms with Crippen LogP contribution in [0.25, 0.3) is 22.6 Å². The average Bonchev–Trinajstić information content (AvgIpc) is 2.74. The van der Waals surface area contributed by atoms with E-state index in [-0.39, 0.29) is 11.5 Å². The largest absolute Gasteiger partial charge is 0.359 e. The van der Waals surface area contributed by atoms with E-state index in [0.29, 0.717) is 11.4 Å². The predicted octanol–water partition coefficient (Wildman–Crippen LogP) is 4.22. The molecule has 5 rings (SSSR count). The molecule has 29 heavy (non-hydrogen) atoms. The first-order valence-electron chi connectivity index (χ1n) is 8.98. The van der Waals surface area contributed by atoms with Crippen molar-refractivity contribution in [2.75, 3.05) is 5.32 Å². The minimum atomic E-state index is -0.502. The number of aromatic nitrogens is 3. The number of rotatable bonds is 2. The van der Waals surface area contributed by atoms with Gasteiger partial charge in [-0.3, -0.25) is 4.79 Å². The summed E-state index contributed by atoms with van der Waals surface area (Å²) >= 11 is 0. The third kappa shape index (κ3) is 2.97. The molecule has 0 bridgehead atoms. The minimum Gasteiger partial charge on any atom is -0.359 e. The van der Waals surface area contributed by atoms with Gasteiger partial charge in [0.25, 0.3) is 5.56 Å². The van der Waals surface area contributed by atoms with Gasteiger partial charge in [0.2, 0.25) is 0 Å². The van der Waals surface area contributed by atoms with Crippen LogP contribution in [-0.4, -0.2) is 14.8 Å². The molecule has 0 saturated heterocycles. The van der Waals surface area contributed by atoms with Crippen LogP contribution in [0.5, 0.6) is 0 Å². The van der Waals surface area contributed by atoms with Crippen LogP contribution in [0.2, 0.25) is 0 Å². The quantitative estimate of drug-likeness (QED) is 0.559. The highest BCUT2D eigenvalue weighted by molar-refractivity contribution is 5.76. The van der Waals surface area contributed by atoms with Crippen LogP contribution >= 0.6 is 0 Å². The fourth-order valence-corrected chi connectivity index (χ4v) is 3.43. The third-order valence-corrected chi connectivity index (χ3v) is 4.84. The molecule has 0 radical (unpaired) electrons. The Labute approximate surface area is 164 Å². The second-order valence-electron chi connectivity index (χ2n) is 6.68. The van der Waals surface area contributed by atoms with E-state index < -0.39 is 17.5 Å². The van der Waals surface area contributed by atoms with Crippen molar-refractivity contribution in [1.29, 1.82) is 0 Å². The maximum Gasteiger partial charge on any atom is 0.300 e. The molecule has 1 unspecified atom stereocenters. The number of benzene rings is 3. The summed E-state index contributed by atoms with van der Waals surface area (Å²) in [7, 11) is 0. The first-order chi connectivity index (χ1) is 14.1. The molecule has 0 fully saturated rings. The van der Waals surface area contributed by atoms with Crippen LogP contribution in [0.4, 0.5) is 14.5 Å². The van der Waals surface area contributed by atoms with Gasteiger partial charge in [0.15, 0.2) is 11.5 Å². The summed E-state index contributed by atoms with van der Waals surface area (Å²) in [5.41, 5.74) is 2.37. The van der Waals surface area contributed by atoms with Gasteiger partial charge in [0, 0.05) is 16.8 Å². The summed E-state index contributed by atoms with van der Waals surface area (Å²) in [6, 6.07) is 19.0. The van der Waals surface area contributed by atoms with Crippen LogP contribution in [0.1, 0.15) is 11.7 Å². The van der Waals surface area contributed by atoms with E-state index in [2.05, 4.69) is 15.4 Å². The number of hydrogen-bond donors (Lipinski definition) is 1. The Morgan fingerprint density at radius 3 is 2.24 bits per heavy atom. The molecule has 5 nitrogen and oxygen atoms in total. The lowest BCUT2D eigenvalue weighted by Crippen LogP contribution is -2.32. The van der Waals surface area contributed by atoms with Gasteiger partial charge >= 0.3 is 0 Å². The van der Waals surface area contributed by atoms with Gasteiger partial charge in [0.1, 0.15) is 17.8 Å². The van der Waals surface area contributed by atoms with Crippen LogP contribution in [-0.2, 0) is 0 Å². The zero-order chi connectivity index (χ0) is 20.0. The van der Waals surface area contributed by atoms with E-state index in [1.807, 2.05) is 24.3 Å². The first kappa shape index (κ1) is 17.2. The van der Waals surface area contributed by atoms with Gasteiger partial charge in [-0.25, -0.2) is 13.5 Å². The Hall–Kier alpha value is -3.87. The highest BCUT2D eigenvalue weighted by Crippen LogP contribution is 2.36. The van der Waals surface area contributed by atoms with E-state index >= 15 is 0 Å². The highest BCUT2D eigenvalue weighted by Gasteiger charge is 2.28. The highest BCUT2D eigenvalue weighted by atomic mass is 19.1. The van der Waals surface area contributed by atoms with Gasteiger partial charge < -0.3 is 5.32 Å². The van der Waals surface area contributed by atoms with Crippen LogP contribution in [0, 0.1) is 11.6 Å². The van der Waals surface area contributed by atoms with E-state index in [4.69, 9.17) is 0 Å². The Balaban J connectivity index is 1.74. The molecule has 142 valence electrons. The molecule has 1 atom stereocenters. The molecule has 4 aromatic rings. The SMILES string of the molecule is O=c1nc2n(nc1-c1ccc(F)cc1)C(c1ccc(F)cc1)Nc1ccccc1-2. The zero-order valence-electron chi connectivity index (χ0n) is 15.0. The summed E-state index contributed by atoms with van der Waals surface area (Å²) in [4.78, 5) is 17.0. The maximum atomic E-state index is 13.4. The summed E-state index contributed by atoms with van der Waals surface area (Å²) in [5.74, 6) is -0.340. The Morgan fingerprint density at radius 2 is 1.52 bits per heavy atom. The second-order valence-corrected chi connectivity index (χ2v) is 6.68. The number of hydrogen-bond acceptors (Lipinski definition) is 4. The molecule has 1 aromatic heterocycles. The fourth-order valence-electron chi connectivity index (χ4n) is 3.43. The van der Waals surface area contributed by atoms with Gasteiger partial charge in [-0.05, 0) is 54.1 Å². The molecule has 3 aromatic carbocycles. The third-order valence-electron chi connectivity index (χ3n) is 4.84. The number of nitrogens with zero attached hydrogens (tertiary/aromatic N) is 3. The van der Waals surface area contributed by atoms with Crippen molar-refractivity contribution in [2.24, 2.45) is 0 Å². The van der Waals surface area contributed by atoms with Crippen molar-refractivity contribution < 1.29 is 8.78 Å². The second kappa shape index (κ2) is 6.63. The Bertz CT molecular complexity index is 1270. The van der Waals surface area contributed by atoms with Crippen LogP contribution in [0.15, 0.2) is 77.6 Å². The lowest BCUT2D eigenvalue weighted by molar-refractivity contribution is 0.547. The maximum absolute atomic E-state index is 13.4. The average molecular weight is 388 g/mol. The molecule has 0 amide bonds. The van der Waals surface area contributed by atoms with Gasteiger partial charge in [0.05, 0.1) is 0 Å². The molecule has 1 aliphatic heterocycles. The molecule has 0 aliphatic carbocycles. The number of fused-ring (bicyclic) bond motifs is 3. The van der Waals surface area contributed by atoms with Gasteiger partial charge in [-0.1, -0.05) is 24.3 Å². The van der Waals surface area contributed by atoms with Crippen molar-refractivity contribution in [1.82, 2.24) is 14.8 Å². The van der Waals surface area contributed by atoms with Gasteiger partial charge in [-0.2, -0.15) is 10.1 Å². The topological polar surface area (TPSA) is 59.8 Å². The summed E-state index contributed by atoms with van der Waals surface area (Å²) in [6.45, 7) is 0. The molecule has 0 spiro atoms. The van der Waals surface area contributed by atoms with E-state index in [1.165, 1.54) is 36.4 Å². The van der Waals surface area contributed by atoms with E-state index in [1.54, 1.807) is 16.8 Å². The van der Waals surface area contributed by atoms with Crippen LogP contribution < -0.4 is 10.9 Å². The van der Waals surface area contributed by atoms with Crippen molar-refractivity contribution in [3.8, 4) is 22.6 Å². The molecule has 1 aliphatic rings. The van der Waals surface area contributed by atoms with Crippen LogP contribution in [0.3, 0.4) is 0 Å². The van der Waals surface area contributed by atoms with E-state index in [0.717, 1.165) is 16.8 Å². The lowest BCUT2D eigenvalue weighted by atomic mass is 10.1. The number of para-hydroxylation sites is 1. The molecule has 7 heteroatoms. The smallest absolute Gasteiger partial charge is 0.300 e. The fraction of sp³-hybridized carbons (Fsp3) is 0.0455. The normalized spacial score (nSPS) is 14.6. The Morgan fingerprint density at radius 1 is 0.862 bits per heavy atom. The minimum absolute atomic E-state index is 0.113. The zero-order valence-corrected chi connectivity index (χ0v) is 15.0. The van der Waals surface area contributed by atoms with E-state index in [9.17, 15) is 13.6 Å². The van der Waals surface area contributed by atoms with Crippen molar-refractivity contribution >= 4 is 5.69 Å². The number of nitrogens with one attached hydrogen (secondary N) is 1. The first-order valence-corrected chi connectivity index (χ1v) is 8.98. The molecule has 1 N–H and O–H groups in total. The monoisotopic (exact) mass is 388 g/mol. The van der Waals surface area contributed by atoms with Crippen molar-refractivity contribution in [2.45, 2.75) is 6.17 Å². The molecule has 2 heterocycles. The summed E-state index contributed by atoms with van der Waals surface area (Å²) in [6.07, 6.45) is -0.493. The van der Waals surface area contributed by atoms with Gasteiger partial charge in [-0.15, -0.1) is 0 Å². The van der Waals surface area contributed by atoms with Crippen molar-refractivity contribution in [3.05, 3.63) is 100 Å². The number of halogens is 2. The number of anilines is 1. The molecule has 0 saturated carbocycles. The standard InChI is InChI=1S/C22H14F2N4O/c23-15-9-5-13(6-10-15)19-22(29)26-21-17-3-1-2-4-18(17)25-20(28(21)27-19)14-7-11-16(24)12-8-14/h1-12,20,25H. The van der Waals surface area contributed by atoms with Crippen molar-refractivity contribution in [3.63, 3.8) is 0 Å². The molecular formula is C22H14F2N4O.